The Bertz CT molecular complexity index is 1300. The van der Waals surface area contributed by atoms with Crippen LogP contribution in [-0.4, -0.2) is 28.8 Å². The standard InChI is InChI=1S/C25H22FN3O3/c1-16-28-22-13-18(7-8-23(22)29(16)21-5-3-2-4-6-21)25(30)27-10-9-17-11-20(26)12-19-14-31-15-32-24(17)19/h2-8,11-13H,9-10,14-15H2,1H3,(H,27,30). The van der Waals surface area contributed by atoms with Gasteiger partial charge in [0.25, 0.3) is 5.91 Å². The Hall–Kier alpha value is -3.71. The molecule has 0 aliphatic carbocycles. The number of imidazole rings is 1. The van der Waals surface area contributed by atoms with E-state index in [1.165, 1.54) is 12.1 Å². The average molecular weight is 431 g/mol. The van der Waals surface area contributed by atoms with Crippen molar-refractivity contribution in [3.63, 3.8) is 0 Å². The molecule has 5 rings (SSSR count). The van der Waals surface area contributed by atoms with E-state index in [0.717, 1.165) is 28.1 Å². The zero-order valence-corrected chi connectivity index (χ0v) is 17.6. The molecule has 1 N–H and O–H groups in total. The number of hydrogen-bond acceptors (Lipinski definition) is 4. The van der Waals surface area contributed by atoms with Gasteiger partial charge in [0, 0.05) is 23.4 Å². The van der Waals surface area contributed by atoms with Gasteiger partial charge in [0.05, 0.1) is 17.6 Å². The minimum atomic E-state index is -0.339. The van der Waals surface area contributed by atoms with Gasteiger partial charge in [-0.2, -0.15) is 0 Å². The zero-order valence-electron chi connectivity index (χ0n) is 17.6. The van der Waals surface area contributed by atoms with Crippen molar-refractivity contribution >= 4 is 16.9 Å². The third-order valence-corrected chi connectivity index (χ3v) is 5.53. The fourth-order valence-electron chi connectivity index (χ4n) is 4.10. The van der Waals surface area contributed by atoms with Crippen LogP contribution in [0.15, 0.2) is 60.7 Å². The summed E-state index contributed by atoms with van der Waals surface area (Å²) in [5.74, 6) is 0.959. The smallest absolute Gasteiger partial charge is 0.251 e. The van der Waals surface area contributed by atoms with Crippen LogP contribution in [0.4, 0.5) is 4.39 Å². The maximum atomic E-state index is 13.9. The molecule has 0 saturated heterocycles. The van der Waals surface area contributed by atoms with Crippen LogP contribution in [0.3, 0.4) is 0 Å². The van der Waals surface area contributed by atoms with Crippen molar-refractivity contribution < 1.29 is 18.7 Å². The van der Waals surface area contributed by atoms with Crippen LogP contribution in [0.25, 0.3) is 16.7 Å². The van der Waals surface area contributed by atoms with Crippen molar-refractivity contribution in [3.8, 4) is 11.4 Å². The lowest BCUT2D eigenvalue weighted by Gasteiger charge is -2.21. The number of aromatic nitrogens is 2. The summed E-state index contributed by atoms with van der Waals surface area (Å²) in [4.78, 5) is 17.4. The molecule has 1 amide bonds. The van der Waals surface area contributed by atoms with E-state index in [4.69, 9.17) is 9.47 Å². The van der Waals surface area contributed by atoms with Gasteiger partial charge < -0.3 is 14.8 Å². The Kier molecular flexibility index (Phi) is 5.33. The molecule has 1 aliphatic heterocycles. The number of aryl methyl sites for hydroxylation is 1. The lowest BCUT2D eigenvalue weighted by atomic mass is 10.1. The molecular weight excluding hydrogens is 409 g/mol. The molecule has 7 heteroatoms. The summed E-state index contributed by atoms with van der Waals surface area (Å²) in [6, 6.07) is 18.3. The highest BCUT2D eigenvalue weighted by atomic mass is 19.1. The molecule has 2 heterocycles. The highest BCUT2D eigenvalue weighted by Crippen LogP contribution is 2.29. The summed E-state index contributed by atoms with van der Waals surface area (Å²) < 4.78 is 26.7. The summed E-state index contributed by atoms with van der Waals surface area (Å²) in [5, 5.41) is 2.91. The number of rotatable bonds is 5. The number of nitrogens with zero attached hydrogens (tertiary/aromatic N) is 2. The molecule has 4 aromatic rings. The van der Waals surface area contributed by atoms with Crippen molar-refractivity contribution in [1.29, 1.82) is 0 Å². The molecule has 0 radical (unpaired) electrons. The Morgan fingerprint density at radius 3 is 2.84 bits per heavy atom. The second-order valence-corrected chi connectivity index (χ2v) is 7.70. The van der Waals surface area contributed by atoms with E-state index >= 15 is 0 Å². The van der Waals surface area contributed by atoms with E-state index in [1.807, 2.05) is 43.3 Å². The van der Waals surface area contributed by atoms with Crippen LogP contribution in [0.5, 0.6) is 5.75 Å². The number of hydrogen-bond donors (Lipinski definition) is 1. The fraction of sp³-hybridized carbons (Fsp3) is 0.200. The van der Waals surface area contributed by atoms with Gasteiger partial charge >= 0.3 is 0 Å². The van der Waals surface area contributed by atoms with Crippen LogP contribution in [-0.2, 0) is 17.8 Å². The van der Waals surface area contributed by atoms with Gasteiger partial charge in [-0.3, -0.25) is 9.36 Å². The van der Waals surface area contributed by atoms with Crippen LogP contribution >= 0.6 is 0 Å². The van der Waals surface area contributed by atoms with E-state index in [9.17, 15) is 9.18 Å². The number of benzene rings is 3. The summed E-state index contributed by atoms with van der Waals surface area (Å²) in [6.07, 6.45) is 0.454. The van der Waals surface area contributed by atoms with Crippen LogP contribution in [0, 0.1) is 12.7 Å². The van der Waals surface area contributed by atoms with Gasteiger partial charge in [-0.15, -0.1) is 0 Å². The number of amides is 1. The van der Waals surface area contributed by atoms with Crippen LogP contribution in [0.2, 0.25) is 0 Å². The van der Waals surface area contributed by atoms with Crippen molar-refractivity contribution in [2.24, 2.45) is 0 Å². The quantitative estimate of drug-likeness (QED) is 0.511. The molecule has 1 aromatic heterocycles. The van der Waals surface area contributed by atoms with E-state index in [-0.39, 0.29) is 18.5 Å². The molecule has 162 valence electrons. The Balaban J connectivity index is 1.31. The second-order valence-electron chi connectivity index (χ2n) is 7.70. The minimum Gasteiger partial charge on any atom is -0.467 e. The van der Waals surface area contributed by atoms with Gasteiger partial charge in [0.2, 0.25) is 0 Å². The van der Waals surface area contributed by atoms with E-state index in [0.29, 0.717) is 36.4 Å². The van der Waals surface area contributed by atoms with Crippen LogP contribution < -0.4 is 10.1 Å². The van der Waals surface area contributed by atoms with Crippen molar-refractivity contribution in [2.45, 2.75) is 20.0 Å². The Morgan fingerprint density at radius 2 is 2.00 bits per heavy atom. The van der Waals surface area contributed by atoms with E-state index in [2.05, 4.69) is 14.9 Å². The molecule has 32 heavy (non-hydrogen) atoms. The van der Waals surface area contributed by atoms with Gasteiger partial charge in [-0.1, -0.05) is 18.2 Å². The fourth-order valence-corrected chi connectivity index (χ4v) is 4.10. The summed E-state index contributed by atoms with van der Waals surface area (Å²) >= 11 is 0. The van der Waals surface area contributed by atoms with Crippen molar-refractivity contribution in [2.75, 3.05) is 13.3 Å². The lowest BCUT2D eigenvalue weighted by Crippen LogP contribution is -2.26. The summed E-state index contributed by atoms with van der Waals surface area (Å²) in [7, 11) is 0. The molecular formula is C25H22FN3O3. The number of carbonyl (C=O) groups is 1. The summed E-state index contributed by atoms with van der Waals surface area (Å²) in [5.41, 5.74) is 4.66. The van der Waals surface area contributed by atoms with Gasteiger partial charge in [0.15, 0.2) is 6.79 Å². The first-order valence-electron chi connectivity index (χ1n) is 10.4. The lowest BCUT2D eigenvalue weighted by molar-refractivity contribution is -0.0172. The topological polar surface area (TPSA) is 65.4 Å². The molecule has 0 unspecified atom stereocenters. The molecule has 0 fully saturated rings. The van der Waals surface area contributed by atoms with Crippen molar-refractivity contribution in [3.05, 3.63) is 89.0 Å². The first kappa shape index (κ1) is 20.2. The van der Waals surface area contributed by atoms with Gasteiger partial charge in [-0.25, -0.2) is 9.37 Å². The highest BCUT2D eigenvalue weighted by molar-refractivity contribution is 5.97. The Morgan fingerprint density at radius 1 is 1.16 bits per heavy atom. The molecule has 6 nitrogen and oxygen atoms in total. The third-order valence-electron chi connectivity index (χ3n) is 5.53. The molecule has 0 bridgehead atoms. The maximum Gasteiger partial charge on any atom is 0.251 e. The van der Waals surface area contributed by atoms with E-state index in [1.54, 1.807) is 12.1 Å². The largest absolute Gasteiger partial charge is 0.467 e. The number of halogens is 1. The third kappa shape index (κ3) is 3.83. The van der Waals surface area contributed by atoms with Gasteiger partial charge in [-0.05, 0) is 61.4 Å². The van der Waals surface area contributed by atoms with Gasteiger partial charge in [0.1, 0.15) is 17.4 Å². The highest BCUT2D eigenvalue weighted by Gasteiger charge is 2.17. The normalized spacial score (nSPS) is 12.9. The molecule has 0 atom stereocenters. The number of para-hydroxylation sites is 1. The number of fused-ring (bicyclic) bond motifs is 2. The second kappa shape index (κ2) is 8.43. The molecule has 1 aliphatic rings. The SMILES string of the molecule is Cc1nc2cc(C(=O)NCCc3cc(F)cc4c3OCOC4)ccc2n1-c1ccccc1. The minimum absolute atomic E-state index is 0.146. The van der Waals surface area contributed by atoms with Crippen molar-refractivity contribution in [1.82, 2.24) is 14.9 Å². The number of ether oxygens (including phenoxy) is 2. The predicted molar refractivity (Wildman–Crippen MR) is 119 cm³/mol. The summed E-state index contributed by atoms with van der Waals surface area (Å²) in [6.45, 7) is 2.77. The number of carbonyl (C=O) groups excluding carboxylic acids is 1. The first-order chi connectivity index (χ1) is 15.6. The first-order valence-corrected chi connectivity index (χ1v) is 10.4. The molecule has 0 spiro atoms. The Labute approximate surface area is 184 Å². The molecule has 3 aromatic carbocycles. The zero-order chi connectivity index (χ0) is 22.1. The molecule has 0 saturated carbocycles. The number of nitrogens with one attached hydrogen (secondary N) is 1. The van der Waals surface area contributed by atoms with E-state index < -0.39 is 0 Å². The predicted octanol–water partition coefficient (Wildman–Crippen LogP) is 4.31. The average Bonchev–Trinajstić information content (AvgIpc) is 3.14. The monoisotopic (exact) mass is 431 g/mol. The maximum absolute atomic E-state index is 13.9. The van der Waals surface area contributed by atoms with Crippen LogP contribution in [0.1, 0.15) is 27.3 Å².